The quantitative estimate of drug-likeness (QED) is 0.626. The van der Waals surface area contributed by atoms with Crippen LogP contribution in [0.3, 0.4) is 0 Å². The van der Waals surface area contributed by atoms with Gasteiger partial charge in [-0.2, -0.15) is 0 Å². The first-order valence-electron chi connectivity index (χ1n) is 5.25. The van der Waals surface area contributed by atoms with Gasteiger partial charge < -0.3 is 5.32 Å². The number of nitro groups is 1. The number of nitrogens with zero attached hydrogens (tertiary/aromatic N) is 2. The Hall–Kier alpha value is -1.49. The first-order valence-corrected chi connectivity index (χ1v) is 5.25. The minimum Gasteiger partial charge on any atom is -0.317 e. The van der Waals surface area contributed by atoms with Crippen LogP contribution < -0.4 is 5.32 Å². The summed E-state index contributed by atoms with van der Waals surface area (Å²) in [6, 6.07) is 1.86. The molecule has 2 unspecified atom stereocenters. The second-order valence-corrected chi connectivity index (χ2v) is 4.02. The normalized spacial score (nSPS) is 14.5. The molecular weight excluding hydrogens is 206 g/mol. The van der Waals surface area contributed by atoms with Gasteiger partial charge in [-0.25, -0.2) is 0 Å². The van der Waals surface area contributed by atoms with Crippen LogP contribution in [0.5, 0.6) is 0 Å². The molecule has 1 rings (SSSR count). The van der Waals surface area contributed by atoms with E-state index in [1.54, 1.807) is 6.07 Å². The monoisotopic (exact) mass is 223 g/mol. The summed E-state index contributed by atoms with van der Waals surface area (Å²) in [4.78, 5) is 14.3. The van der Waals surface area contributed by atoms with Crippen LogP contribution in [-0.4, -0.2) is 23.0 Å². The van der Waals surface area contributed by atoms with E-state index in [1.165, 1.54) is 6.20 Å². The van der Waals surface area contributed by atoms with Gasteiger partial charge in [-0.05, 0) is 26.5 Å². The molecule has 88 valence electrons. The average Bonchev–Trinajstić information content (AvgIpc) is 2.26. The Morgan fingerprint density at radius 3 is 2.56 bits per heavy atom. The van der Waals surface area contributed by atoms with Gasteiger partial charge in [0.15, 0.2) is 0 Å². The summed E-state index contributed by atoms with van der Waals surface area (Å²) in [5.74, 6) is 0.228. The summed E-state index contributed by atoms with van der Waals surface area (Å²) in [6.07, 6.45) is 1.32. The van der Waals surface area contributed by atoms with Crippen LogP contribution in [0.2, 0.25) is 0 Å². The van der Waals surface area contributed by atoms with Crippen molar-refractivity contribution in [2.75, 3.05) is 7.05 Å². The van der Waals surface area contributed by atoms with Gasteiger partial charge >= 0.3 is 0 Å². The van der Waals surface area contributed by atoms with E-state index in [4.69, 9.17) is 0 Å². The smallest absolute Gasteiger partial charge is 0.287 e. The molecule has 5 nitrogen and oxygen atoms in total. The van der Waals surface area contributed by atoms with E-state index in [9.17, 15) is 10.1 Å². The first kappa shape index (κ1) is 12.6. The molecule has 1 heterocycles. The molecular formula is C11H17N3O2. The molecule has 16 heavy (non-hydrogen) atoms. The zero-order chi connectivity index (χ0) is 12.3. The van der Waals surface area contributed by atoms with Gasteiger partial charge in [0, 0.05) is 23.7 Å². The molecule has 1 N–H and O–H groups in total. The zero-order valence-electron chi connectivity index (χ0n) is 10.0. The van der Waals surface area contributed by atoms with Crippen molar-refractivity contribution in [1.29, 1.82) is 0 Å². The second kappa shape index (κ2) is 5.03. The molecule has 5 heteroatoms. The topological polar surface area (TPSA) is 68.1 Å². The molecule has 0 aliphatic rings. The summed E-state index contributed by atoms with van der Waals surface area (Å²) < 4.78 is 0. The molecule has 0 bridgehead atoms. The highest BCUT2D eigenvalue weighted by Crippen LogP contribution is 2.23. The van der Waals surface area contributed by atoms with Crippen molar-refractivity contribution in [3.8, 4) is 0 Å². The Morgan fingerprint density at radius 1 is 1.50 bits per heavy atom. The maximum atomic E-state index is 10.6. The highest BCUT2D eigenvalue weighted by atomic mass is 16.6. The van der Waals surface area contributed by atoms with E-state index in [0.717, 1.165) is 11.3 Å². The molecule has 0 aromatic carbocycles. The fourth-order valence-corrected chi connectivity index (χ4v) is 1.63. The molecule has 0 aliphatic carbocycles. The van der Waals surface area contributed by atoms with Gasteiger partial charge in [0.05, 0.1) is 4.92 Å². The average molecular weight is 223 g/mol. The van der Waals surface area contributed by atoms with Crippen molar-refractivity contribution >= 4 is 5.69 Å². The number of likely N-dealkylation sites (N-methyl/N-ethyl adjacent to an activating group) is 1. The predicted octanol–water partition coefficient (Wildman–Crippen LogP) is 2.01. The number of aromatic nitrogens is 1. The number of pyridine rings is 1. The number of nitrogens with one attached hydrogen (secondary N) is 1. The highest BCUT2D eigenvalue weighted by molar-refractivity contribution is 5.35. The van der Waals surface area contributed by atoms with Gasteiger partial charge in [-0.1, -0.05) is 6.92 Å². The van der Waals surface area contributed by atoms with Gasteiger partial charge in [-0.15, -0.1) is 0 Å². The van der Waals surface area contributed by atoms with Crippen LogP contribution in [0.1, 0.15) is 31.0 Å². The van der Waals surface area contributed by atoms with Crippen molar-refractivity contribution in [2.45, 2.75) is 32.7 Å². The van der Waals surface area contributed by atoms with Gasteiger partial charge in [0.25, 0.3) is 5.69 Å². The Bertz CT molecular complexity index is 393. The molecule has 1 aromatic rings. The fourth-order valence-electron chi connectivity index (χ4n) is 1.63. The second-order valence-electron chi connectivity index (χ2n) is 4.02. The summed E-state index contributed by atoms with van der Waals surface area (Å²) in [5.41, 5.74) is 1.82. The number of hydrogen-bond donors (Lipinski definition) is 1. The molecule has 0 saturated heterocycles. The molecule has 0 spiro atoms. The lowest BCUT2D eigenvalue weighted by atomic mass is 9.96. The molecule has 1 aromatic heterocycles. The lowest BCUT2D eigenvalue weighted by Crippen LogP contribution is -2.28. The van der Waals surface area contributed by atoms with E-state index < -0.39 is 4.92 Å². The van der Waals surface area contributed by atoms with Gasteiger partial charge in [-0.3, -0.25) is 15.1 Å². The third-order valence-corrected chi connectivity index (χ3v) is 2.95. The molecule has 2 atom stereocenters. The highest BCUT2D eigenvalue weighted by Gasteiger charge is 2.18. The van der Waals surface area contributed by atoms with Crippen LogP contribution >= 0.6 is 0 Å². The largest absolute Gasteiger partial charge is 0.317 e. The number of rotatable bonds is 4. The van der Waals surface area contributed by atoms with Crippen molar-refractivity contribution in [1.82, 2.24) is 10.3 Å². The van der Waals surface area contributed by atoms with Crippen molar-refractivity contribution in [3.63, 3.8) is 0 Å². The Balaban J connectivity index is 3.03. The van der Waals surface area contributed by atoms with E-state index in [2.05, 4.69) is 24.1 Å². The minimum absolute atomic E-state index is 0.0468. The van der Waals surface area contributed by atoms with Crippen LogP contribution in [0.15, 0.2) is 12.3 Å². The third-order valence-electron chi connectivity index (χ3n) is 2.95. The lowest BCUT2D eigenvalue weighted by molar-refractivity contribution is -0.385. The molecule has 0 radical (unpaired) electrons. The van der Waals surface area contributed by atoms with Crippen molar-refractivity contribution in [2.24, 2.45) is 0 Å². The number of aryl methyl sites for hydroxylation is 1. The number of hydrogen-bond acceptors (Lipinski definition) is 4. The van der Waals surface area contributed by atoms with Crippen LogP contribution in [0.4, 0.5) is 5.69 Å². The van der Waals surface area contributed by atoms with E-state index >= 15 is 0 Å². The standard InChI is InChI=1S/C11H17N3O2/c1-7-5-10(14(15)16)6-13-11(7)8(2)9(3)12-4/h5-6,8-9,12H,1-4H3. The summed E-state index contributed by atoms with van der Waals surface area (Å²) >= 11 is 0. The molecule has 0 amide bonds. The van der Waals surface area contributed by atoms with E-state index in [1.807, 2.05) is 14.0 Å². The van der Waals surface area contributed by atoms with Gasteiger partial charge in [0.2, 0.25) is 0 Å². The Morgan fingerprint density at radius 2 is 2.12 bits per heavy atom. The van der Waals surface area contributed by atoms with Crippen LogP contribution in [0.25, 0.3) is 0 Å². The van der Waals surface area contributed by atoms with Crippen molar-refractivity contribution < 1.29 is 4.92 Å². The van der Waals surface area contributed by atoms with Gasteiger partial charge in [0.1, 0.15) is 6.20 Å². The SMILES string of the molecule is CNC(C)C(C)c1ncc([N+](=O)[O-])cc1C. The Labute approximate surface area is 95.0 Å². The maximum Gasteiger partial charge on any atom is 0.287 e. The molecule has 0 aliphatic heterocycles. The molecule has 0 fully saturated rings. The summed E-state index contributed by atoms with van der Waals surface area (Å²) in [5, 5.41) is 13.7. The predicted molar refractivity (Wildman–Crippen MR) is 62.6 cm³/mol. The third kappa shape index (κ3) is 2.55. The maximum absolute atomic E-state index is 10.6. The first-order chi connectivity index (χ1) is 7.47. The fraction of sp³-hybridized carbons (Fsp3) is 0.545. The minimum atomic E-state index is -0.421. The van der Waals surface area contributed by atoms with E-state index in [-0.39, 0.29) is 17.6 Å². The summed E-state index contributed by atoms with van der Waals surface area (Å²) in [6.45, 7) is 5.98. The van der Waals surface area contributed by atoms with Crippen molar-refractivity contribution in [3.05, 3.63) is 33.6 Å². The summed E-state index contributed by atoms with van der Waals surface area (Å²) in [7, 11) is 1.89. The van der Waals surface area contributed by atoms with Crippen LogP contribution in [0, 0.1) is 17.0 Å². The molecule has 0 saturated carbocycles. The Kier molecular flexibility index (Phi) is 3.95. The zero-order valence-corrected chi connectivity index (χ0v) is 10.0. The lowest BCUT2D eigenvalue weighted by Gasteiger charge is -2.20. The van der Waals surface area contributed by atoms with Crippen LogP contribution in [-0.2, 0) is 0 Å². The van der Waals surface area contributed by atoms with E-state index in [0.29, 0.717) is 0 Å².